The molecule has 1 aromatic heterocycles. The summed E-state index contributed by atoms with van der Waals surface area (Å²) >= 11 is 0. The molecule has 94 valence electrons. The van der Waals surface area contributed by atoms with Gasteiger partial charge in [-0.3, -0.25) is 4.79 Å². The van der Waals surface area contributed by atoms with Gasteiger partial charge in [0, 0.05) is 18.5 Å². The number of furan rings is 1. The predicted molar refractivity (Wildman–Crippen MR) is 60.2 cm³/mol. The fraction of sp³-hybridized carbons (Fsp3) is 0.455. The average molecular weight is 240 g/mol. The molecule has 1 aromatic rings. The van der Waals surface area contributed by atoms with E-state index in [9.17, 15) is 9.59 Å². The van der Waals surface area contributed by atoms with Gasteiger partial charge in [0.1, 0.15) is 0 Å². The Morgan fingerprint density at radius 1 is 1.53 bits per heavy atom. The van der Waals surface area contributed by atoms with Crippen LogP contribution >= 0.6 is 0 Å². The summed E-state index contributed by atoms with van der Waals surface area (Å²) in [6.07, 6.45) is 2.45. The molecule has 3 N–H and O–H groups in total. The molecule has 0 bridgehead atoms. The fourth-order valence-electron chi connectivity index (χ4n) is 1.36. The van der Waals surface area contributed by atoms with Crippen molar-refractivity contribution in [3.05, 3.63) is 23.7 Å². The number of hydrogen-bond acceptors (Lipinski definition) is 5. The fourth-order valence-corrected chi connectivity index (χ4v) is 1.36. The Bertz CT molecular complexity index is 387. The molecular formula is C11H16N2O4. The molecule has 1 rings (SSSR count). The molecule has 1 amide bonds. The van der Waals surface area contributed by atoms with Crippen LogP contribution < -0.4 is 11.1 Å². The molecule has 17 heavy (non-hydrogen) atoms. The van der Waals surface area contributed by atoms with Crippen molar-refractivity contribution in [2.75, 3.05) is 13.7 Å². The maximum Gasteiger partial charge on any atom is 0.374 e. The number of hydrogen-bond donors (Lipinski definition) is 2. The van der Waals surface area contributed by atoms with Crippen molar-refractivity contribution in [3.8, 4) is 0 Å². The minimum atomic E-state index is -0.496. The van der Waals surface area contributed by atoms with E-state index in [4.69, 9.17) is 10.2 Å². The van der Waals surface area contributed by atoms with Crippen LogP contribution in [-0.4, -0.2) is 25.5 Å². The number of methoxy groups -OCH3 is 1. The van der Waals surface area contributed by atoms with Crippen LogP contribution in [0.4, 0.5) is 0 Å². The van der Waals surface area contributed by atoms with Crippen LogP contribution in [0.3, 0.4) is 0 Å². The Hall–Kier alpha value is -1.82. The van der Waals surface area contributed by atoms with E-state index in [2.05, 4.69) is 10.1 Å². The van der Waals surface area contributed by atoms with Gasteiger partial charge >= 0.3 is 5.97 Å². The van der Waals surface area contributed by atoms with Crippen LogP contribution in [0.2, 0.25) is 0 Å². The molecule has 0 unspecified atom stereocenters. The number of nitrogens with one attached hydrogen (secondary N) is 1. The molecule has 0 spiro atoms. The Balaban J connectivity index is 2.34. The van der Waals surface area contributed by atoms with Crippen molar-refractivity contribution >= 4 is 11.9 Å². The van der Waals surface area contributed by atoms with Gasteiger partial charge in [-0.15, -0.1) is 0 Å². The SMILES string of the molecule is COC(=O)c1occc1CNCCCC(N)=O. The minimum absolute atomic E-state index is 0.204. The quantitative estimate of drug-likeness (QED) is 0.532. The summed E-state index contributed by atoms with van der Waals surface area (Å²) in [5, 5.41) is 3.09. The Morgan fingerprint density at radius 3 is 2.94 bits per heavy atom. The second kappa shape index (κ2) is 6.70. The first kappa shape index (κ1) is 13.2. The van der Waals surface area contributed by atoms with Crippen LogP contribution in [0.25, 0.3) is 0 Å². The molecular weight excluding hydrogens is 224 g/mol. The van der Waals surface area contributed by atoms with Gasteiger partial charge in [0.05, 0.1) is 13.4 Å². The van der Waals surface area contributed by atoms with Crippen molar-refractivity contribution in [1.82, 2.24) is 5.32 Å². The standard InChI is InChI=1S/C11H16N2O4/c1-16-11(15)10-8(4-6-17-10)7-13-5-2-3-9(12)14/h4,6,13H,2-3,5,7H2,1H3,(H2,12,14). The molecule has 0 saturated heterocycles. The van der Waals surface area contributed by atoms with Crippen LogP contribution in [0, 0.1) is 0 Å². The third-order valence-corrected chi connectivity index (χ3v) is 2.21. The van der Waals surface area contributed by atoms with E-state index in [0.29, 0.717) is 25.9 Å². The summed E-state index contributed by atoms with van der Waals surface area (Å²) in [6.45, 7) is 1.13. The van der Waals surface area contributed by atoms with E-state index in [1.165, 1.54) is 13.4 Å². The monoisotopic (exact) mass is 240 g/mol. The first-order valence-corrected chi connectivity index (χ1v) is 5.29. The molecule has 6 heteroatoms. The number of carbonyl (C=O) groups excluding carboxylic acids is 2. The highest BCUT2D eigenvalue weighted by atomic mass is 16.5. The summed E-state index contributed by atoms with van der Waals surface area (Å²) in [7, 11) is 1.30. The third-order valence-electron chi connectivity index (χ3n) is 2.21. The van der Waals surface area contributed by atoms with E-state index < -0.39 is 5.97 Å². The first-order chi connectivity index (χ1) is 8.15. The number of nitrogens with two attached hydrogens (primary N) is 1. The molecule has 0 aliphatic heterocycles. The predicted octanol–water partition coefficient (Wildman–Crippen LogP) is 0.421. The van der Waals surface area contributed by atoms with Crippen molar-refractivity contribution < 1.29 is 18.7 Å². The maximum absolute atomic E-state index is 11.3. The molecule has 0 saturated carbocycles. The Kier molecular flexibility index (Phi) is 5.22. The van der Waals surface area contributed by atoms with Gasteiger partial charge in [-0.05, 0) is 19.0 Å². The van der Waals surface area contributed by atoms with Crippen molar-refractivity contribution in [3.63, 3.8) is 0 Å². The number of esters is 1. The van der Waals surface area contributed by atoms with Gasteiger partial charge in [-0.25, -0.2) is 4.79 Å². The largest absolute Gasteiger partial charge is 0.463 e. The van der Waals surface area contributed by atoms with Crippen LogP contribution in [-0.2, 0) is 16.1 Å². The minimum Gasteiger partial charge on any atom is -0.463 e. The summed E-state index contributed by atoms with van der Waals surface area (Å²) in [6, 6.07) is 1.70. The summed E-state index contributed by atoms with van der Waals surface area (Å²) < 4.78 is 9.60. The van der Waals surface area contributed by atoms with Crippen LogP contribution in [0.15, 0.2) is 16.7 Å². The molecule has 1 heterocycles. The highest BCUT2D eigenvalue weighted by Gasteiger charge is 2.14. The molecule has 6 nitrogen and oxygen atoms in total. The van der Waals surface area contributed by atoms with Crippen molar-refractivity contribution in [2.24, 2.45) is 5.73 Å². The summed E-state index contributed by atoms with van der Waals surface area (Å²) in [5.74, 6) is -0.607. The van der Waals surface area contributed by atoms with Crippen LogP contribution in [0.1, 0.15) is 29.0 Å². The van der Waals surface area contributed by atoms with E-state index in [-0.39, 0.29) is 11.7 Å². The lowest BCUT2D eigenvalue weighted by atomic mass is 10.2. The molecule has 0 aliphatic rings. The highest BCUT2D eigenvalue weighted by Crippen LogP contribution is 2.11. The van der Waals surface area contributed by atoms with Gasteiger partial charge in [-0.2, -0.15) is 0 Å². The third kappa shape index (κ3) is 4.28. The Morgan fingerprint density at radius 2 is 2.29 bits per heavy atom. The molecule has 0 radical (unpaired) electrons. The van der Waals surface area contributed by atoms with Gasteiger partial charge in [0.15, 0.2) is 0 Å². The van der Waals surface area contributed by atoms with Gasteiger partial charge in [0.2, 0.25) is 11.7 Å². The zero-order valence-electron chi connectivity index (χ0n) is 9.69. The number of rotatable bonds is 7. The molecule has 0 atom stereocenters. The van der Waals surface area contributed by atoms with E-state index in [1.54, 1.807) is 6.07 Å². The normalized spacial score (nSPS) is 10.2. The van der Waals surface area contributed by atoms with E-state index in [0.717, 1.165) is 5.56 Å². The smallest absolute Gasteiger partial charge is 0.374 e. The van der Waals surface area contributed by atoms with Gasteiger partial charge < -0.3 is 20.2 Å². The van der Waals surface area contributed by atoms with E-state index in [1.807, 2.05) is 0 Å². The lowest BCUT2D eigenvalue weighted by Gasteiger charge is -2.03. The second-order valence-electron chi connectivity index (χ2n) is 3.51. The van der Waals surface area contributed by atoms with Crippen molar-refractivity contribution in [2.45, 2.75) is 19.4 Å². The lowest BCUT2D eigenvalue weighted by molar-refractivity contribution is -0.118. The first-order valence-electron chi connectivity index (χ1n) is 5.29. The second-order valence-corrected chi connectivity index (χ2v) is 3.51. The molecule has 0 fully saturated rings. The average Bonchev–Trinajstić information content (AvgIpc) is 2.75. The summed E-state index contributed by atoms with van der Waals surface area (Å²) in [5.41, 5.74) is 5.74. The maximum atomic E-state index is 11.3. The number of ether oxygens (including phenoxy) is 1. The summed E-state index contributed by atoms with van der Waals surface area (Å²) in [4.78, 5) is 21.8. The highest BCUT2D eigenvalue weighted by molar-refractivity contribution is 5.87. The zero-order valence-corrected chi connectivity index (χ0v) is 9.69. The zero-order chi connectivity index (χ0) is 12.7. The van der Waals surface area contributed by atoms with Crippen molar-refractivity contribution in [1.29, 1.82) is 0 Å². The number of primary amides is 1. The van der Waals surface area contributed by atoms with Crippen LogP contribution in [0.5, 0.6) is 0 Å². The van der Waals surface area contributed by atoms with E-state index >= 15 is 0 Å². The van der Waals surface area contributed by atoms with Gasteiger partial charge in [-0.1, -0.05) is 0 Å². The molecule has 0 aromatic carbocycles. The lowest BCUT2D eigenvalue weighted by Crippen LogP contribution is -2.19. The topological polar surface area (TPSA) is 94.6 Å². The van der Waals surface area contributed by atoms with Gasteiger partial charge in [0.25, 0.3) is 0 Å². The Labute approximate surface area is 99.1 Å². The number of amides is 1. The molecule has 0 aliphatic carbocycles. The number of carbonyl (C=O) groups is 2.